The summed E-state index contributed by atoms with van der Waals surface area (Å²) in [4.78, 5) is 26.1. The first kappa shape index (κ1) is 32.4. The maximum Gasteiger partial charge on any atom is 0.326 e. The van der Waals surface area contributed by atoms with Crippen molar-refractivity contribution in [2.75, 3.05) is 31.5 Å². The van der Waals surface area contributed by atoms with Crippen molar-refractivity contribution < 1.29 is 33.6 Å². The maximum absolute atomic E-state index is 13.3. The van der Waals surface area contributed by atoms with Gasteiger partial charge in [0, 0.05) is 42.5 Å². The largest absolute Gasteiger partial charge is 0.497 e. The van der Waals surface area contributed by atoms with Gasteiger partial charge in [0.05, 0.1) is 14.2 Å². The molecule has 5 rings (SSSR count). The van der Waals surface area contributed by atoms with Crippen LogP contribution >= 0.6 is 0 Å². The third-order valence-electron chi connectivity index (χ3n) is 7.39. The van der Waals surface area contributed by atoms with Gasteiger partial charge in [0.25, 0.3) is 0 Å². The van der Waals surface area contributed by atoms with Crippen LogP contribution in [0.15, 0.2) is 115 Å². The highest BCUT2D eigenvalue weighted by Gasteiger charge is 2.15. The lowest BCUT2D eigenvalue weighted by Gasteiger charge is -2.20. The van der Waals surface area contributed by atoms with Gasteiger partial charge in [-0.2, -0.15) is 0 Å². The number of carboxylic acid groups (broad SMARTS) is 1. The minimum Gasteiger partial charge on any atom is -0.497 e. The molecule has 0 saturated heterocycles. The Bertz CT molecular complexity index is 1820. The van der Waals surface area contributed by atoms with Crippen LogP contribution in [0.25, 0.3) is 11.1 Å². The summed E-state index contributed by atoms with van der Waals surface area (Å²) in [5, 5.41) is 12.2. The topological polar surface area (TPSA) is 107 Å². The predicted octanol–water partition coefficient (Wildman–Crippen LogP) is 8.43. The molecule has 0 bridgehead atoms. The van der Waals surface area contributed by atoms with E-state index in [1.807, 2.05) is 97.1 Å². The van der Waals surface area contributed by atoms with Gasteiger partial charge in [0.2, 0.25) is 0 Å². The summed E-state index contributed by atoms with van der Waals surface area (Å²) < 4.78 is 23.1. The van der Waals surface area contributed by atoms with Crippen molar-refractivity contribution in [1.29, 1.82) is 0 Å². The lowest BCUT2D eigenvalue weighted by Crippen LogP contribution is -2.31. The normalized spacial score (nSPS) is 10.5. The molecule has 0 unspecified atom stereocenters. The minimum atomic E-state index is -0.871. The molecule has 9 nitrogen and oxygen atoms in total. The number of nitrogens with zero attached hydrogens (tertiary/aromatic N) is 1. The molecule has 0 spiro atoms. The van der Waals surface area contributed by atoms with Crippen LogP contribution in [0.3, 0.4) is 0 Å². The first-order valence-corrected chi connectivity index (χ1v) is 15.0. The molecule has 47 heavy (non-hydrogen) atoms. The van der Waals surface area contributed by atoms with Gasteiger partial charge in [-0.1, -0.05) is 48.5 Å². The number of aryl methyl sites for hydroxylation is 1. The third kappa shape index (κ3) is 8.82. The van der Waals surface area contributed by atoms with E-state index in [0.717, 1.165) is 22.3 Å². The van der Waals surface area contributed by atoms with Crippen molar-refractivity contribution in [2.45, 2.75) is 19.4 Å². The summed E-state index contributed by atoms with van der Waals surface area (Å²) in [6.07, 6.45) is 0.363. The highest BCUT2D eigenvalue weighted by molar-refractivity contribution is 6.01. The molecule has 0 aliphatic carbocycles. The van der Waals surface area contributed by atoms with Gasteiger partial charge in [-0.05, 0) is 77.7 Å². The van der Waals surface area contributed by atoms with Crippen LogP contribution < -0.4 is 29.2 Å². The average Bonchev–Trinajstić information content (AvgIpc) is 3.10. The Morgan fingerprint density at radius 1 is 0.723 bits per heavy atom. The van der Waals surface area contributed by atoms with Crippen molar-refractivity contribution in [3.8, 4) is 39.9 Å². The summed E-state index contributed by atoms with van der Waals surface area (Å²) in [7, 11) is 4.87. The van der Waals surface area contributed by atoms with E-state index in [1.54, 1.807) is 39.5 Å². The molecule has 0 aromatic heterocycles. The van der Waals surface area contributed by atoms with Gasteiger partial charge in [-0.15, -0.1) is 0 Å². The zero-order chi connectivity index (χ0) is 33.2. The number of amides is 2. The molecule has 0 fully saturated rings. The molecule has 2 amide bonds. The second-order valence-electron chi connectivity index (χ2n) is 10.7. The van der Waals surface area contributed by atoms with Crippen LogP contribution in [0.2, 0.25) is 0 Å². The van der Waals surface area contributed by atoms with E-state index in [-0.39, 0.29) is 19.1 Å². The van der Waals surface area contributed by atoms with Crippen LogP contribution in [-0.4, -0.2) is 38.4 Å². The number of para-hydroxylation sites is 1. The fourth-order valence-corrected chi connectivity index (χ4v) is 4.91. The van der Waals surface area contributed by atoms with E-state index in [1.165, 1.54) is 4.90 Å². The maximum atomic E-state index is 13.3. The van der Waals surface area contributed by atoms with E-state index in [0.29, 0.717) is 46.5 Å². The van der Waals surface area contributed by atoms with E-state index in [9.17, 15) is 14.7 Å². The van der Waals surface area contributed by atoms with Crippen LogP contribution in [0.1, 0.15) is 17.5 Å². The molecule has 5 aromatic carbocycles. The number of carbonyl (C=O) groups is 2. The van der Waals surface area contributed by atoms with E-state index >= 15 is 0 Å². The summed E-state index contributed by atoms with van der Waals surface area (Å²) in [6.45, 7) is 0.220. The number of benzene rings is 5. The number of carbonyl (C=O) groups excluding carboxylic acids is 1. The number of aliphatic carboxylic acids is 1. The van der Waals surface area contributed by atoms with Crippen molar-refractivity contribution >= 4 is 23.4 Å². The number of nitrogens with one attached hydrogen (secondary N) is 1. The smallest absolute Gasteiger partial charge is 0.326 e. The Morgan fingerprint density at radius 2 is 1.45 bits per heavy atom. The first-order chi connectivity index (χ1) is 22.8. The SMILES string of the molecule is COc1cc(COc2cc(CCC(=O)O)ccc2-c2cccc(N(C)C(=O)Nc3cccc(Oc4ccccc4)c3)c2)cc(OC)c1. The summed E-state index contributed by atoms with van der Waals surface area (Å²) in [6, 6.07) is 35.1. The molecule has 0 aliphatic heterocycles. The molecule has 240 valence electrons. The molecule has 2 N–H and O–H groups in total. The number of urea groups is 1. The fourth-order valence-electron chi connectivity index (χ4n) is 4.91. The van der Waals surface area contributed by atoms with Crippen molar-refractivity contribution in [3.63, 3.8) is 0 Å². The van der Waals surface area contributed by atoms with E-state index in [2.05, 4.69) is 5.32 Å². The molecular formula is C38H36N2O7. The number of rotatable bonds is 13. The lowest BCUT2D eigenvalue weighted by molar-refractivity contribution is -0.136. The Morgan fingerprint density at radius 3 is 2.17 bits per heavy atom. The molecule has 0 heterocycles. The van der Waals surface area contributed by atoms with Crippen molar-refractivity contribution in [1.82, 2.24) is 0 Å². The predicted molar refractivity (Wildman–Crippen MR) is 182 cm³/mol. The highest BCUT2D eigenvalue weighted by Crippen LogP contribution is 2.35. The van der Waals surface area contributed by atoms with E-state index in [4.69, 9.17) is 18.9 Å². The Hall–Kier alpha value is -5.96. The van der Waals surface area contributed by atoms with Gasteiger partial charge >= 0.3 is 12.0 Å². The Labute approximate surface area is 273 Å². The molecule has 0 saturated carbocycles. The van der Waals surface area contributed by atoms with E-state index < -0.39 is 5.97 Å². The standard InChI is InChI=1S/C38H36N2O7/c1-40(38(43)39-29-10-8-14-32(23-29)47-31-12-5-4-6-13-31)30-11-7-9-28(22-30)35-17-15-26(16-18-37(41)42)21-36(35)46-25-27-19-33(44-2)24-34(20-27)45-3/h4-15,17,19-24H,16,18,25H2,1-3H3,(H,39,43)(H,41,42). The minimum absolute atomic E-state index is 0.00253. The van der Waals surface area contributed by atoms with Crippen molar-refractivity contribution in [3.05, 3.63) is 126 Å². The molecular weight excluding hydrogens is 596 g/mol. The Balaban J connectivity index is 1.36. The number of hydrogen-bond acceptors (Lipinski definition) is 6. The molecule has 0 aliphatic rings. The van der Waals surface area contributed by atoms with Crippen LogP contribution in [-0.2, 0) is 17.8 Å². The summed E-state index contributed by atoms with van der Waals surface area (Å²) >= 11 is 0. The molecule has 0 atom stereocenters. The molecule has 9 heteroatoms. The van der Waals surface area contributed by atoms with Gasteiger partial charge in [0.15, 0.2) is 0 Å². The molecule has 5 aromatic rings. The second kappa shape index (κ2) is 15.4. The monoisotopic (exact) mass is 632 g/mol. The number of methoxy groups -OCH3 is 2. The lowest BCUT2D eigenvalue weighted by atomic mass is 10.00. The highest BCUT2D eigenvalue weighted by atomic mass is 16.5. The summed E-state index contributed by atoms with van der Waals surface area (Å²) in [5.41, 5.74) is 4.54. The van der Waals surface area contributed by atoms with Gasteiger partial charge in [-0.25, -0.2) is 4.79 Å². The van der Waals surface area contributed by atoms with Crippen molar-refractivity contribution in [2.24, 2.45) is 0 Å². The number of ether oxygens (including phenoxy) is 4. The van der Waals surface area contributed by atoms with Crippen LogP contribution in [0.5, 0.6) is 28.7 Å². The average molecular weight is 633 g/mol. The second-order valence-corrected chi connectivity index (χ2v) is 10.7. The molecule has 0 radical (unpaired) electrons. The zero-order valence-corrected chi connectivity index (χ0v) is 26.4. The number of carboxylic acids is 1. The number of hydrogen-bond donors (Lipinski definition) is 2. The van der Waals surface area contributed by atoms with Gasteiger partial charge < -0.3 is 29.4 Å². The van der Waals surface area contributed by atoms with Gasteiger partial charge in [-0.3, -0.25) is 9.69 Å². The Kier molecular flexibility index (Phi) is 10.6. The quantitative estimate of drug-likeness (QED) is 0.134. The third-order valence-corrected chi connectivity index (χ3v) is 7.39. The van der Waals surface area contributed by atoms with Crippen LogP contribution in [0, 0.1) is 0 Å². The first-order valence-electron chi connectivity index (χ1n) is 15.0. The fraction of sp³-hybridized carbons (Fsp3) is 0.158. The summed E-state index contributed by atoms with van der Waals surface area (Å²) in [5.74, 6) is 2.29. The van der Waals surface area contributed by atoms with Gasteiger partial charge in [0.1, 0.15) is 35.4 Å². The zero-order valence-electron chi connectivity index (χ0n) is 26.4. The van der Waals surface area contributed by atoms with Crippen LogP contribution in [0.4, 0.5) is 16.2 Å². The number of anilines is 2.